The molecule has 0 saturated carbocycles. The van der Waals surface area contributed by atoms with Crippen LogP contribution in [0.5, 0.6) is 11.5 Å². The number of rotatable bonds is 6. The second kappa shape index (κ2) is 6.18. The number of fused-ring (bicyclic) bond motifs is 1. The number of aryl methyl sites for hydroxylation is 1. The highest BCUT2D eigenvalue weighted by molar-refractivity contribution is 5.90. The lowest BCUT2D eigenvalue weighted by Crippen LogP contribution is -2.22. The van der Waals surface area contributed by atoms with Gasteiger partial charge in [-0.15, -0.1) is 0 Å². The van der Waals surface area contributed by atoms with Gasteiger partial charge in [-0.3, -0.25) is 0 Å². The molecule has 0 saturated heterocycles. The standard InChI is InChI=1S/C16H23NO3/c1-6-12-15(9-17-10(2)3)20-14-8-11(18-4)7-13(19-5)16(12)14/h7-8,10,17H,6,9H2,1-5H3. The molecule has 4 heteroatoms. The molecular formula is C16H23NO3. The van der Waals surface area contributed by atoms with Gasteiger partial charge in [0, 0.05) is 23.7 Å². The first-order chi connectivity index (χ1) is 9.60. The monoisotopic (exact) mass is 277 g/mol. The number of hydrogen-bond donors (Lipinski definition) is 1. The van der Waals surface area contributed by atoms with Crippen molar-refractivity contribution < 1.29 is 13.9 Å². The molecule has 2 aromatic rings. The van der Waals surface area contributed by atoms with Crippen molar-refractivity contribution in [3.63, 3.8) is 0 Å². The van der Waals surface area contributed by atoms with E-state index in [4.69, 9.17) is 13.9 Å². The van der Waals surface area contributed by atoms with Crippen LogP contribution in [0.1, 0.15) is 32.1 Å². The summed E-state index contributed by atoms with van der Waals surface area (Å²) in [5.41, 5.74) is 2.02. The van der Waals surface area contributed by atoms with Crippen molar-refractivity contribution in [1.29, 1.82) is 0 Å². The van der Waals surface area contributed by atoms with E-state index in [1.807, 2.05) is 12.1 Å². The van der Waals surface area contributed by atoms with Gasteiger partial charge in [-0.05, 0) is 6.42 Å². The summed E-state index contributed by atoms with van der Waals surface area (Å²) in [4.78, 5) is 0. The summed E-state index contributed by atoms with van der Waals surface area (Å²) in [6, 6.07) is 4.23. The van der Waals surface area contributed by atoms with Crippen molar-refractivity contribution in [2.75, 3.05) is 14.2 Å². The van der Waals surface area contributed by atoms with E-state index in [-0.39, 0.29) is 0 Å². The summed E-state index contributed by atoms with van der Waals surface area (Å²) in [6.45, 7) is 7.10. The van der Waals surface area contributed by atoms with Gasteiger partial charge in [0.2, 0.25) is 0 Å². The molecule has 0 amide bonds. The average Bonchev–Trinajstić information content (AvgIpc) is 2.81. The zero-order valence-electron chi connectivity index (χ0n) is 12.9. The molecule has 0 fully saturated rings. The third-order valence-corrected chi connectivity index (χ3v) is 3.39. The smallest absolute Gasteiger partial charge is 0.142 e. The number of furan rings is 1. The summed E-state index contributed by atoms with van der Waals surface area (Å²) >= 11 is 0. The van der Waals surface area contributed by atoms with Crippen molar-refractivity contribution in [3.05, 3.63) is 23.5 Å². The maximum atomic E-state index is 6.00. The predicted molar refractivity (Wildman–Crippen MR) is 80.7 cm³/mol. The zero-order valence-corrected chi connectivity index (χ0v) is 12.9. The van der Waals surface area contributed by atoms with E-state index >= 15 is 0 Å². The molecule has 0 aliphatic heterocycles. The number of ether oxygens (including phenoxy) is 2. The Morgan fingerprint density at radius 3 is 2.50 bits per heavy atom. The van der Waals surface area contributed by atoms with Crippen molar-refractivity contribution >= 4 is 11.0 Å². The van der Waals surface area contributed by atoms with Crippen LogP contribution in [0.4, 0.5) is 0 Å². The highest BCUT2D eigenvalue weighted by atomic mass is 16.5. The van der Waals surface area contributed by atoms with Crippen LogP contribution in [0.3, 0.4) is 0 Å². The van der Waals surface area contributed by atoms with Gasteiger partial charge in [-0.2, -0.15) is 0 Å². The van der Waals surface area contributed by atoms with Gasteiger partial charge >= 0.3 is 0 Å². The van der Waals surface area contributed by atoms with Crippen molar-refractivity contribution in [3.8, 4) is 11.5 Å². The Morgan fingerprint density at radius 1 is 1.20 bits per heavy atom. The van der Waals surface area contributed by atoms with Crippen LogP contribution in [0.15, 0.2) is 16.5 Å². The summed E-state index contributed by atoms with van der Waals surface area (Å²) in [7, 11) is 3.32. The Labute approximate surface area is 120 Å². The molecule has 0 bridgehead atoms. The van der Waals surface area contributed by atoms with Crippen molar-refractivity contribution in [2.24, 2.45) is 0 Å². The van der Waals surface area contributed by atoms with Gasteiger partial charge in [0.25, 0.3) is 0 Å². The highest BCUT2D eigenvalue weighted by Crippen LogP contribution is 2.37. The van der Waals surface area contributed by atoms with E-state index in [9.17, 15) is 0 Å². The maximum Gasteiger partial charge on any atom is 0.142 e. The van der Waals surface area contributed by atoms with Crippen LogP contribution in [-0.2, 0) is 13.0 Å². The number of benzene rings is 1. The molecule has 2 rings (SSSR count). The van der Waals surface area contributed by atoms with Crippen LogP contribution in [0.2, 0.25) is 0 Å². The normalized spacial score (nSPS) is 11.3. The molecule has 4 nitrogen and oxygen atoms in total. The van der Waals surface area contributed by atoms with Gasteiger partial charge in [0.05, 0.1) is 26.2 Å². The Morgan fingerprint density at radius 2 is 1.95 bits per heavy atom. The fraction of sp³-hybridized carbons (Fsp3) is 0.500. The molecule has 110 valence electrons. The lowest BCUT2D eigenvalue weighted by Gasteiger charge is -2.07. The maximum absolute atomic E-state index is 6.00. The van der Waals surface area contributed by atoms with Gasteiger partial charge in [-0.25, -0.2) is 0 Å². The lowest BCUT2D eigenvalue weighted by molar-refractivity contribution is 0.396. The van der Waals surface area contributed by atoms with Gasteiger partial charge in [0.15, 0.2) is 0 Å². The van der Waals surface area contributed by atoms with E-state index in [1.54, 1.807) is 14.2 Å². The topological polar surface area (TPSA) is 43.6 Å². The molecule has 1 aromatic heterocycles. The van der Waals surface area contributed by atoms with Crippen LogP contribution >= 0.6 is 0 Å². The van der Waals surface area contributed by atoms with Crippen LogP contribution in [0.25, 0.3) is 11.0 Å². The SMILES string of the molecule is CCc1c(CNC(C)C)oc2cc(OC)cc(OC)c12. The lowest BCUT2D eigenvalue weighted by atomic mass is 10.1. The van der Waals surface area contributed by atoms with Crippen molar-refractivity contribution in [1.82, 2.24) is 5.32 Å². The largest absolute Gasteiger partial charge is 0.496 e. The Hall–Kier alpha value is -1.68. The molecule has 0 aliphatic carbocycles. The Kier molecular flexibility index (Phi) is 4.55. The second-order valence-corrected chi connectivity index (χ2v) is 5.10. The van der Waals surface area contributed by atoms with Gasteiger partial charge < -0.3 is 19.2 Å². The van der Waals surface area contributed by atoms with Crippen LogP contribution in [-0.4, -0.2) is 20.3 Å². The first-order valence-corrected chi connectivity index (χ1v) is 7.00. The van der Waals surface area contributed by atoms with Gasteiger partial charge in [0.1, 0.15) is 22.8 Å². The zero-order chi connectivity index (χ0) is 14.7. The molecule has 0 aliphatic rings. The first-order valence-electron chi connectivity index (χ1n) is 7.00. The minimum atomic E-state index is 0.421. The molecular weight excluding hydrogens is 254 g/mol. The summed E-state index contributed by atoms with van der Waals surface area (Å²) in [5.74, 6) is 2.52. The fourth-order valence-corrected chi connectivity index (χ4v) is 2.37. The van der Waals surface area contributed by atoms with E-state index in [0.29, 0.717) is 6.04 Å². The number of methoxy groups -OCH3 is 2. The van der Waals surface area contributed by atoms with Crippen LogP contribution < -0.4 is 14.8 Å². The molecule has 0 radical (unpaired) electrons. The minimum absolute atomic E-state index is 0.421. The summed E-state index contributed by atoms with van der Waals surface area (Å²) in [6.07, 6.45) is 0.908. The number of nitrogens with one attached hydrogen (secondary N) is 1. The molecule has 0 atom stereocenters. The Bertz CT molecular complexity index is 587. The quantitative estimate of drug-likeness (QED) is 0.877. The predicted octanol–water partition coefficient (Wildman–Crippen LogP) is 3.51. The molecule has 1 aromatic carbocycles. The minimum Gasteiger partial charge on any atom is -0.496 e. The summed E-state index contributed by atoms with van der Waals surface area (Å²) < 4.78 is 16.8. The van der Waals surface area contributed by atoms with E-state index in [2.05, 4.69) is 26.1 Å². The molecule has 0 unspecified atom stereocenters. The van der Waals surface area contributed by atoms with Crippen LogP contribution in [0, 0.1) is 0 Å². The highest BCUT2D eigenvalue weighted by Gasteiger charge is 2.18. The third-order valence-electron chi connectivity index (χ3n) is 3.39. The molecule has 20 heavy (non-hydrogen) atoms. The van der Waals surface area contributed by atoms with E-state index < -0.39 is 0 Å². The Balaban J connectivity index is 2.54. The fourth-order valence-electron chi connectivity index (χ4n) is 2.37. The summed E-state index contributed by atoms with van der Waals surface area (Å²) in [5, 5.41) is 4.45. The second-order valence-electron chi connectivity index (χ2n) is 5.10. The number of hydrogen-bond acceptors (Lipinski definition) is 4. The van der Waals surface area contributed by atoms with Gasteiger partial charge in [-0.1, -0.05) is 20.8 Å². The van der Waals surface area contributed by atoms with E-state index in [0.717, 1.165) is 41.2 Å². The first kappa shape index (κ1) is 14.7. The van der Waals surface area contributed by atoms with E-state index in [1.165, 1.54) is 5.56 Å². The average molecular weight is 277 g/mol. The molecule has 0 spiro atoms. The third kappa shape index (κ3) is 2.75. The molecule has 1 N–H and O–H groups in total. The molecule has 1 heterocycles. The van der Waals surface area contributed by atoms with Crippen molar-refractivity contribution in [2.45, 2.75) is 39.8 Å².